The van der Waals surface area contributed by atoms with Gasteiger partial charge in [0.2, 0.25) is 0 Å². The summed E-state index contributed by atoms with van der Waals surface area (Å²) in [6.07, 6.45) is 1.63. The topological polar surface area (TPSA) is 93.3 Å². The summed E-state index contributed by atoms with van der Waals surface area (Å²) in [6, 6.07) is 7.76. The van der Waals surface area contributed by atoms with Crippen molar-refractivity contribution in [3.63, 3.8) is 0 Å². The number of benzene rings is 1. The summed E-state index contributed by atoms with van der Waals surface area (Å²) >= 11 is 0. The summed E-state index contributed by atoms with van der Waals surface area (Å²) in [5, 5.41) is 18.2. The average molecular weight is 301 g/mol. The zero-order chi connectivity index (χ0) is 15.5. The molecular weight excluding hydrogens is 286 g/mol. The number of aromatic nitrogens is 2. The Morgan fingerprint density at radius 2 is 2.05 bits per heavy atom. The molecule has 3 rings (SSSR count). The number of carbonyl (C=O) groups excluding carboxylic acids is 1. The summed E-state index contributed by atoms with van der Waals surface area (Å²) < 4.78 is 1.47. The van der Waals surface area contributed by atoms with Crippen molar-refractivity contribution in [2.45, 2.75) is 0 Å². The van der Waals surface area contributed by atoms with Gasteiger partial charge in [-0.05, 0) is 12.1 Å². The van der Waals surface area contributed by atoms with E-state index in [-0.39, 0.29) is 11.6 Å². The van der Waals surface area contributed by atoms with Crippen molar-refractivity contribution in [3.05, 3.63) is 52.3 Å². The number of rotatable bonds is 3. The van der Waals surface area contributed by atoms with Crippen LogP contribution in [0.4, 0.5) is 5.69 Å². The average Bonchev–Trinajstić information content (AvgIpc) is 3.05. The van der Waals surface area contributed by atoms with Gasteiger partial charge >= 0.3 is 0 Å². The Morgan fingerprint density at radius 3 is 2.77 bits per heavy atom. The lowest BCUT2D eigenvalue weighted by Gasteiger charge is -2.26. The van der Waals surface area contributed by atoms with E-state index in [0.717, 1.165) is 13.1 Å². The predicted octanol–water partition coefficient (Wildman–Crippen LogP) is 0.826. The normalized spacial score (nSPS) is 14.8. The van der Waals surface area contributed by atoms with Gasteiger partial charge in [-0.3, -0.25) is 14.9 Å². The van der Waals surface area contributed by atoms with E-state index in [4.69, 9.17) is 0 Å². The monoisotopic (exact) mass is 301 g/mol. The Balaban J connectivity index is 1.82. The zero-order valence-electron chi connectivity index (χ0n) is 11.8. The van der Waals surface area contributed by atoms with Crippen molar-refractivity contribution in [3.8, 4) is 5.69 Å². The minimum absolute atomic E-state index is 0.0111. The highest BCUT2D eigenvalue weighted by Crippen LogP contribution is 2.16. The molecule has 0 unspecified atom stereocenters. The molecule has 0 atom stereocenters. The van der Waals surface area contributed by atoms with Crippen LogP contribution in [0.2, 0.25) is 0 Å². The van der Waals surface area contributed by atoms with E-state index >= 15 is 0 Å². The third-order valence-corrected chi connectivity index (χ3v) is 3.52. The second kappa shape index (κ2) is 5.94. The van der Waals surface area contributed by atoms with Crippen LogP contribution in [0.3, 0.4) is 0 Å². The number of nitro benzene ring substituents is 1. The summed E-state index contributed by atoms with van der Waals surface area (Å²) in [4.78, 5) is 24.4. The fourth-order valence-corrected chi connectivity index (χ4v) is 2.36. The molecule has 114 valence electrons. The lowest BCUT2D eigenvalue weighted by atomic mass is 10.3. The van der Waals surface area contributed by atoms with E-state index in [0.29, 0.717) is 24.5 Å². The third kappa shape index (κ3) is 2.82. The maximum absolute atomic E-state index is 12.3. The van der Waals surface area contributed by atoms with Crippen LogP contribution in [0.25, 0.3) is 5.69 Å². The molecule has 1 fully saturated rings. The van der Waals surface area contributed by atoms with Gasteiger partial charge in [0.1, 0.15) is 0 Å². The number of non-ortho nitro benzene ring substituents is 1. The molecule has 0 saturated carbocycles. The number of hydrogen-bond donors (Lipinski definition) is 1. The molecule has 0 radical (unpaired) electrons. The van der Waals surface area contributed by atoms with Crippen molar-refractivity contribution in [1.29, 1.82) is 0 Å². The number of nitro groups is 1. The molecule has 0 aliphatic carbocycles. The smallest absolute Gasteiger partial charge is 0.274 e. The van der Waals surface area contributed by atoms with E-state index in [1.807, 2.05) is 0 Å². The molecule has 1 aromatic carbocycles. The van der Waals surface area contributed by atoms with Gasteiger partial charge in [0, 0.05) is 44.5 Å². The molecule has 1 aromatic heterocycles. The van der Waals surface area contributed by atoms with Gasteiger partial charge in [-0.25, -0.2) is 4.68 Å². The zero-order valence-corrected chi connectivity index (χ0v) is 11.8. The van der Waals surface area contributed by atoms with Crippen molar-refractivity contribution in [2.24, 2.45) is 0 Å². The summed E-state index contributed by atoms with van der Waals surface area (Å²) in [7, 11) is 0. The molecule has 1 aliphatic heterocycles. The molecule has 1 N–H and O–H groups in total. The van der Waals surface area contributed by atoms with Crippen LogP contribution in [0.15, 0.2) is 36.5 Å². The third-order valence-electron chi connectivity index (χ3n) is 3.52. The molecule has 2 aromatic rings. The highest BCUT2D eigenvalue weighted by molar-refractivity contribution is 5.92. The standard InChI is InChI=1S/C14H15N5O3/c20-14(17-8-5-15-6-9-17)13-4-7-18(16-13)11-2-1-3-12(10-11)19(21)22/h1-4,7,10,15H,5-6,8-9H2. The fraction of sp³-hybridized carbons (Fsp3) is 0.286. The molecule has 2 heterocycles. The van der Waals surface area contributed by atoms with Crippen LogP contribution in [0.5, 0.6) is 0 Å². The number of nitrogens with zero attached hydrogens (tertiary/aromatic N) is 4. The SMILES string of the molecule is O=C(c1ccn(-c2cccc([N+](=O)[O-])c2)n1)N1CCNCC1. The highest BCUT2D eigenvalue weighted by Gasteiger charge is 2.20. The van der Waals surface area contributed by atoms with Crippen LogP contribution in [-0.2, 0) is 0 Å². The Kier molecular flexibility index (Phi) is 3.84. The summed E-state index contributed by atoms with van der Waals surface area (Å²) in [5.41, 5.74) is 0.880. The molecule has 1 amide bonds. The lowest BCUT2D eigenvalue weighted by Crippen LogP contribution is -2.46. The lowest BCUT2D eigenvalue weighted by molar-refractivity contribution is -0.384. The maximum Gasteiger partial charge on any atom is 0.274 e. The predicted molar refractivity (Wildman–Crippen MR) is 79.0 cm³/mol. The minimum Gasteiger partial charge on any atom is -0.335 e. The summed E-state index contributed by atoms with van der Waals surface area (Å²) in [6.45, 7) is 2.86. The first-order valence-electron chi connectivity index (χ1n) is 6.95. The van der Waals surface area contributed by atoms with Crippen molar-refractivity contribution in [1.82, 2.24) is 20.0 Å². The number of amides is 1. The van der Waals surface area contributed by atoms with E-state index in [9.17, 15) is 14.9 Å². The van der Waals surface area contributed by atoms with Crippen LogP contribution >= 0.6 is 0 Å². The molecule has 0 bridgehead atoms. The first kappa shape index (κ1) is 14.2. The van der Waals surface area contributed by atoms with E-state index in [1.165, 1.54) is 16.8 Å². The molecule has 8 nitrogen and oxygen atoms in total. The van der Waals surface area contributed by atoms with Gasteiger partial charge in [0.15, 0.2) is 5.69 Å². The van der Waals surface area contributed by atoms with Gasteiger partial charge in [0.25, 0.3) is 11.6 Å². The van der Waals surface area contributed by atoms with Crippen LogP contribution < -0.4 is 5.32 Å². The largest absolute Gasteiger partial charge is 0.335 e. The first-order valence-corrected chi connectivity index (χ1v) is 6.95. The number of carbonyl (C=O) groups is 1. The number of hydrogen-bond acceptors (Lipinski definition) is 5. The fourth-order valence-electron chi connectivity index (χ4n) is 2.36. The van der Waals surface area contributed by atoms with Crippen LogP contribution in [0.1, 0.15) is 10.5 Å². The van der Waals surface area contributed by atoms with Crippen LogP contribution in [0, 0.1) is 10.1 Å². The van der Waals surface area contributed by atoms with Crippen LogP contribution in [-0.4, -0.2) is 51.7 Å². The molecule has 1 saturated heterocycles. The molecule has 1 aliphatic rings. The van der Waals surface area contributed by atoms with Crippen molar-refractivity contribution < 1.29 is 9.72 Å². The second-order valence-corrected chi connectivity index (χ2v) is 4.96. The van der Waals surface area contributed by atoms with Gasteiger partial charge in [-0.2, -0.15) is 5.10 Å². The first-order chi connectivity index (χ1) is 10.6. The highest BCUT2D eigenvalue weighted by atomic mass is 16.6. The van der Waals surface area contributed by atoms with Gasteiger partial charge in [-0.1, -0.05) is 6.07 Å². The van der Waals surface area contributed by atoms with Gasteiger partial charge < -0.3 is 10.2 Å². The molecular formula is C14H15N5O3. The van der Waals surface area contributed by atoms with Gasteiger partial charge in [0.05, 0.1) is 10.6 Å². The Hall–Kier alpha value is -2.74. The van der Waals surface area contributed by atoms with Crippen molar-refractivity contribution in [2.75, 3.05) is 26.2 Å². The molecule has 8 heteroatoms. The quantitative estimate of drug-likeness (QED) is 0.669. The molecule has 22 heavy (non-hydrogen) atoms. The van der Waals surface area contributed by atoms with Crippen molar-refractivity contribution >= 4 is 11.6 Å². The summed E-state index contributed by atoms with van der Waals surface area (Å²) in [5.74, 6) is -0.120. The Bertz CT molecular complexity index is 706. The Morgan fingerprint density at radius 1 is 1.27 bits per heavy atom. The van der Waals surface area contributed by atoms with E-state index in [1.54, 1.807) is 29.3 Å². The number of nitrogens with one attached hydrogen (secondary N) is 1. The second-order valence-electron chi connectivity index (χ2n) is 4.96. The van der Waals surface area contributed by atoms with E-state index in [2.05, 4.69) is 10.4 Å². The van der Waals surface area contributed by atoms with Gasteiger partial charge in [-0.15, -0.1) is 0 Å². The Labute approximate surface area is 126 Å². The minimum atomic E-state index is -0.459. The van der Waals surface area contributed by atoms with E-state index < -0.39 is 4.92 Å². The number of piperazine rings is 1. The molecule has 0 spiro atoms. The maximum atomic E-state index is 12.3.